The van der Waals surface area contributed by atoms with Gasteiger partial charge in [-0.15, -0.1) is 0 Å². The van der Waals surface area contributed by atoms with Gasteiger partial charge in [-0.05, 0) is 17.0 Å². The van der Waals surface area contributed by atoms with Crippen molar-refractivity contribution in [2.45, 2.75) is 18.9 Å². The summed E-state index contributed by atoms with van der Waals surface area (Å²) < 4.78 is 11.1. The Balaban J connectivity index is 2.11. The average molecular weight is 256 g/mol. The van der Waals surface area contributed by atoms with Crippen LogP contribution in [0.2, 0.25) is 0 Å². The monoisotopic (exact) mass is 256 g/mol. The summed E-state index contributed by atoms with van der Waals surface area (Å²) in [5.74, 6) is 1.12. The molecule has 19 heavy (non-hydrogen) atoms. The molecule has 0 spiro atoms. The van der Waals surface area contributed by atoms with Gasteiger partial charge in [-0.2, -0.15) is 0 Å². The van der Waals surface area contributed by atoms with Crippen molar-refractivity contribution >= 4 is 16.6 Å². The van der Waals surface area contributed by atoms with Crippen LogP contribution in [0.1, 0.15) is 24.5 Å². The van der Waals surface area contributed by atoms with Gasteiger partial charge in [0, 0.05) is 18.2 Å². The van der Waals surface area contributed by atoms with E-state index in [9.17, 15) is 4.79 Å². The number of methoxy groups -OCH3 is 1. The van der Waals surface area contributed by atoms with E-state index in [0.29, 0.717) is 19.4 Å². The third-order valence-electron chi connectivity index (χ3n) is 3.60. The molecule has 1 heterocycles. The SMILES string of the molecule is COc1ccc(C2CC(=O)CCO2)c2ccccc12. The number of carbonyl (C=O) groups is 1. The molecule has 1 saturated heterocycles. The number of benzene rings is 2. The number of ether oxygens (including phenoxy) is 2. The van der Waals surface area contributed by atoms with Crippen molar-refractivity contribution in [2.75, 3.05) is 13.7 Å². The highest BCUT2D eigenvalue weighted by atomic mass is 16.5. The second-order valence-corrected chi connectivity index (χ2v) is 4.75. The van der Waals surface area contributed by atoms with E-state index in [-0.39, 0.29) is 11.9 Å². The molecule has 3 heteroatoms. The highest BCUT2D eigenvalue weighted by Crippen LogP contribution is 2.35. The van der Waals surface area contributed by atoms with Crippen LogP contribution in [0.15, 0.2) is 36.4 Å². The zero-order chi connectivity index (χ0) is 13.2. The summed E-state index contributed by atoms with van der Waals surface area (Å²) >= 11 is 0. The first kappa shape index (κ1) is 12.2. The lowest BCUT2D eigenvalue weighted by Crippen LogP contribution is -2.19. The predicted molar refractivity (Wildman–Crippen MR) is 73.4 cm³/mol. The molecule has 2 aromatic rings. The minimum Gasteiger partial charge on any atom is -0.496 e. The summed E-state index contributed by atoms with van der Waals surface area (Å²) in [4.78, 5) is 11.6. The van der Waals surface area contributed by atoms with E-state index in [1.54, 1.807) is 7.11 Å². The molecule has 0 bridgehead atoms. The number of fused-ring (bicyclic) bond motifs is 1. The van der Waals surface area contributed by atoms with Crippen molar-refractivity contribution in [1.82, 2.24) is 0 Å². The Morgan fingerprint density at radius 3 is 2.68 bits per heavy atom. The van der Waals surface area contributed by atoms with E-state index in [2.05, 4.69) is 6.07 Å². The van der Waals surface area contributed by atoms with Gasteiger partial charge in [0.25, 0.3) is 0 Å². The summed E-state index contributed by atoms with van der Waals surface area (Å²) in [5, 5.41) is 2.16. The van der Waals surface area contributed by atoms with E-state index in [0.717, 1.165) is 22.1 Å². The van der Waals surface area contributed by atoms with Crippen LogP contribution in [0.3, 0.4) is 0 Å². The molecule has 0 radical (unpaired) electrons. The van der Waals surface area contributed by atoms with Crippen molar-refractivity contribution in [3.05, 3.63) is 42.0 Å². The third kappa shape index (κ3) is 2.22. The first-order chi connectivity index (χ1) is 9.29. The van der Waals surface area contributed by atoms with E-state index in [4.69, 9.17) is 9.47 Å². The molecule has 0 aromatic heterocycles. The van der Waals surface area contributed by atoms with Crippen molar-refractivity contribution < 1.29 is 14.3 Å². The van der Waals surface area contributed by atoms with Gasteiger partial charge >= 0.3 is 0 Å². The maximum atomic E-state index is 11.6. The number of carbonyl (C=O) groups excluding carboxylic acids is 1. The standard InChI is InChI=1S/C16H16O3/c1-18-15-7-6-14(12-4-2-3-5-13(12)15)16-10-11(17)8-9-19-16/h2-7,16H,8-10H2,1H3. The quantitative estimate of drug-likeness (QED) is 0.827. The number of hydrogen-bond donors (Lipinski definition) is 0. The summed E-state index contributed by atoms with van der Waals surface area (Å²) in [6.45, 7) is 0.518. The summed E-state index contributed by atoms with van der Waals surface area (Å²) in [7, 11) is 1.67. The van der Waals surface area contributed by atoms with Crippen LogP contribution in [-0.4, -0.2) is 19.5 Å². The zero-order valence-electron chi connectivity index (χ0n) is 10.9. The van der Waals surface area contributed by atoms with Crippen LogP contribution < -0.4 is 4.74 Å². The van der Waals surface area contributed by atoms with Crippen molar-refractivity contribution in [3.63, 3.8) is 0 Å². The van der Waals surface area contributed by atoms with Gasteiger partial charge in [0.15, 0.2) is 0 Å². The Hall–Kier alpha value is -1.87. The number of rotatable bonds is 2. The predicted octanol–water partition coefficient (Wildman–Crippen LogP) is 3.27. The molecule has 1 aliphatic heterocycles. The minimum absolute atomic E-state index is 0.128. The number of ketones is 1. The van der Waals surface area contributed by atoms with Crippen LogP contribution in [-0.2, 0) is 9.53 Å². The van der Waals surface area contributed by atoms with Crippen molar-refractivity contribution in [3.8, 4) is 5.75 Å². The second-order valence-electron chi connectivity index (χ2n) is 4.75. The topological polar surface area (TPSA) is 35.5 Å². The summed E-state index contributed by atoms with van der Waals surface area (Å²) in [6, 6.07) is 12.0. The van der Waals surface area contributed by atoms with Gasteiger partial charge in [0.2, 0.25) is 0 Å². The molecule has 0 N–H and O–H groups in total. The molecule has 1 fully saturated rings. The Morgan fingerprint density at radius 1 is 1.16 bits per heavy atom. The highest BCUT2D eigenvalue weighted by Gasteiger charge is 2.23. The molecule has 1 atom stereocenters. The van der Waals surface area contributed by atoms with E-state index < -0.39 is 0 Å². The fourth-order valence-electron chi connectivity index (χ4n) is 2.64. The van der Waals surface area contributed by atoms with E-state index in [1.165, 1.54) is 0 Å². The first-order valence-corrected chi connectivity index (χ1v) is 6.48. The van der Waals surface area contributed by atoms with Crippen LogP contribution in [0.25, 0.3) is 10.8 Å². The minimum atomic E-state index is -0.128. The second kappa shape index (κ2) is 5.02. The summed E-state index contributed by atoms with van der Waals surface area (Å²) in [6.07, 6.45) is 0.873. The molecule has 1 unspecified atom stereocenters. The van der Waals surface area contributed by atoms with Gasteiger partial charge in [-0.3, -0.25) is 4.79 Å². The van der Waals surface area contributed by atoms with Crippen LogP contribution in [0, 0.1) is 0 Å². The zero-order valence-corrected chi connectivity index (χ0v) is 10.9. The van der Waals surface area contributed by atoms with Crippen LogP contribution >= 0.6 is 0 Å². The molecule has 1 aliphatic rings. The van der Waals surface area contributed by atoms with Gasteiger partial charge in [0.1, 0.15) is 11.5 Å². The molecule has 98 valence electrons. The lowest BCUT2D eigenvalue weighted by Gasteiger charge is -2.24. The van der Waals surface area contributed by atoms with Gasteiger partial charge in [-0.1, -0.05) is 30.3 Å². The number of Topliss-reactive ketones (excluding diaryl/α,β-unsaturated/α-hetero) is 1. The Kier molecular flexibility index (Phi) is 3.22. The van der Waals surface area contributed by atoms with Crippen LogP contribution in [0.4, 0.5) is 0 Å². The smallest absolute Gasteiger partial charge is 0.138 e. The maximum Gasteiger partial charge on any atom is 0.138 e. The fraction of sp³-hybridized carbons (Fsp3) is 0.312. The van der Waals surface area contributed by atoms with E-state index >= 15 is 0 Å². The average Bonchev–Trinajstić information content (AvgIpc) is 2.46. The lowest BCUT2D eigenvalue weighted by atomic mass is 9.95. The molecular formula is C16H16O3. The van der Waals surface area contributed by atoms with Gasteiger partial charge in [-0.25, -0.2) is 0 Å². The molecular weight excluding hydrogens is 240 g/mol. The normalized spacial score (nSPS) is 19.6. The summed E-state index contributed by atoms with van der Waals surface area (Å²) in [5.41, 5.74) is 1.07. The molecule has 0 aliphatic carbocycles. The molecule has 0 saturated carbocycles. The lowest BCUT2D eigenvalue weighted by molar-refractivity contribution is -0.128. The maximum absolute atomic E-state index is 11.6. The molecule has 3 rings (SSSR count). The Bertz CT molecular complexity index is 618. The molecule has 3 nitrogen and oxygen atoms in total. The van der Waals surface area contributed by atoms with Gasteiger partial charge in [0.05, 0.1) is 19.8 Å². The molecule has 0 amide bonds. The van der Waals surface area contributed by atoms with Crippen LogP contribution in [0.5, 0.6) is 5.75 Å². The van der Waals surface area contributed by atoms with Crippen molar-refractivity contribution in [2.24, 2.45) is 0 Å². The Morgan fingerprint density at radius 2 is 1.95 bits per heavy atom. The van der Waals surface area contributed by atoms with Gasteiger partial charge < -0.3 is 9.47 Å². The Labute approximate surface area is 112 Å². The van der Waals surface area contributed by atoms with Crippen molar-refractivity contribution in [1.29, 1.82) is 0 Å². The number of hydrogen-bond acceptors (Lipinski definition) is 3. The van der Waals surface area contributed by atoms with E-state index in [1.807, 2.05) is 30.3 Å². The highest BCUT2D eigenvalue weighted by molar-refractivity contribution is 5.92. The third-order valence-corrected chi connectivity index (χ3v) is 3.60. The first-order valence-electron chi connectivity index (χ1n) is 6.48. The fourth-order valence-corrected chi connectivity index (χ4v) is 2.64. The largest absolute Gasteiger partial charge is 0.496 e. The molecule has 2 aromatic carbocycles.